The van der Waals surface area contributed by atoms with Gasteiger partial charge in [-0.05, 0) is 60.7 Å². The molecule has 3 rings (SSSR count). The summed E-state index contributed by atoms with van der Waals surface area (Å²) in [6.07, 6.45) is 2.90. The summed E-state index contributed by atoms with van der Waals surface area (Å²) < 4.78 is 31.0. The van der Waals surface area contributed by atoms with Crippen LogP contribution in [-0.2, 0) is 10.0 Å². The van der Waals surface area contributed by atoms with Gasteiger partial charge in [-0.25, -0.2) is 12.7 Å². The number of furan rings is 1. The molecule has 1 aromatic heterocycles. The molecule has 150 valence electrons. The van der Waals surface area contributed by atoms with Gasteiger partial charge in [0.2, 0.25) is 10.0 Å². The molecule has 0 fully saturated rings. The lowest BCUT2D eigenvalue weighted by atomic mass is 10.1. The number of carbonyl (C=O) groups excluding carboxylic acids is 1. The molecular weight excluding hydrogens is 433 g/mol. The molecule has 2 aromatic carbocycles. The molecular formula is C21H17Cl2NO4S. The fraction of sp³-hybridized carbons (Fsp3) is 0.0952. The maximum atomic E-state index is 12.4. The first-order chi connectivity index (χ1) is 13.7. The number of ketones is 1. The summed E-state index contributed by atoms with van der Waals surface area (Å²) in [7, 11) is -0.637. The van der Waals surface area contributed by atoms with Crippen LogP contribution >= 0.6 is 23.2 Å². The Hall–Kier alpha value is -2.38. The third kappa shape index (κ3) is 4.62. The van der Waals surface area contributed by atoms with E-state index < -0.39 is 10.0 Å². The molecule has 0 unspecified atom stereocenters. The van der Waals surface area contributed by atoms with Gasteiger partial charge in [-0.1, -0.05) is 29.3 Å². The van der Waals surface area contributed by atoms with Crippen LogP contribution in [0.4, 0.5) is 0 Å². The van der Waals surface area contributed by atoms with Gasteiger partial charge in [0.25, 0.3) is 0 Å². The zero-order chi connectivity index (χ0) is 21.2. The summed E-state index contributed by atoms with van der Waals surface area (Å²) in [5, 5.41) is 0.815. The van der Waals surface area contributed by atoms with Gasteiger partial charge in [0.15, 0.2) is 5.78 Å². The summed E-state index contributed by atoms with van der Waals surface area (Å²) in [5.74, 6) is 0.719. The lowest BCUT2D eigenvalue weighted by Crippen LogP contribution is -2.22. The molecule has 29 heavy (non-hydrogen) atoms. The van der Waals surface area contributed by atoms with Gasteiger partial charge in [0.1, 0.15) is 11.5 Å². The highest BCUT2D eigenvalue weighted by Crippen LogP contribution is 2.34. The number of allylic oxidation sites excluding steroid dienone is 1. The third-order valence-corrected chi connectivity index (χ3v) is 6.81. The Labute approximate surface area is 179 Å². The summed E-state index contributed by atoms with van der Waals surface area (Å²) in [6, 6.07) is 14.5. The van der Waals surface area contributed by atoms with Crippen LogP contribution in [0.3, 0.4) is 0 Å². The molecule has 5 nitrogen and oxygen atoms in total. The molecule has 8 heteroatoms. The molecule has 0 radical (unpaired) electrons. The monoisotopic (exact) mass is 449 g/mol. The van der Waals surface area contributed by atoms with Crippen LogP contribution in [0.2, 0.25) is 10.0 Å². The maximum absolute atomic E-state index is 12.4. The molecule has 0 amide bonds. The topological polar surface area (TPSA) is 67.6 Å². The molecule has 0 aliphatic heterocycles. The van der Waals surface area contributed by atoms with Gasteiger partial charge in [0, 0.05) is 25.2 Å². The number of nitrogens with zero attached hydrogens (tertiary/aromatic N) is 1. The fourth-order valence-electron chi connectivity index (χ4n) is 2.54. The molecule has 0 aliphatic carbocycles. The number of sulfonamides is 1. The molecule has 0 bridgehead atoms. The fourth-order valence-corrected chi connectivity index (χ4v) is 3.83. The minimum Gasteiger partial charge on any atom is -0.457 e. The Balaban J connectivity index is 1.76. The van der Waals surface area contributed by atoms with Crippen LogP contribution in [0.25, 0.3) is 17.4 Å². The summed E-state index contributed by atoms with van der Waals surface area (Å²) >= 11 is 12.2. The van der Waals surface area contributed by atoms with Crippen molar-refractivity contribution in [2.75, 3.05) is 14.1 Å². The summed E-state index contributed by atoms with van der Waals surface area (Å²) in [5.41, 5.74) is 1.02. The number of benzene rings is 2. The van der Waals surface area contributed by atoms with Crippen molar-refractivity contribution in [1.29, 1.82) is 0 Å². The Morgan fingerprint density at radius 1 is 1.00 bits per heavy atom. The lowest BCUT2D eigenvalue weighted by molar-refractivity contribution is 0.104. The highest BCUT2D eigenvalue weighted by molar-refractivity contribution is 7.89. The molecule has 0 N–H and O–H groups in total. The summed E-state index contributed by atoms with van der Waals surface area (Å²) in [6.45, 7) is 0. The Bertz CT molecular complexity index is 1180. The zero-order valence-corrected chi connectivity index (χ0v) is 17.9. The minimum absolute atomic E-state index is 0.122. The highest BCUT2D eigenvalue weighted by Gasteiger charge is 2.17. The van der Waals surface area contributed by atoms with Crippen molar-refractivity contribution in [2.24, 2.45) is 0 Å². The van der Waals surface area contributed by atoms with Crippen molar-refractivity contribution >= 4 is 45.1 Å². The molecule has 1 heterocycles. The van der Waals surface area contributed by atoms with Gasteiger partial charge in [-0.15, -0.1) is 0 Å². The maximum Gasteiger partial charge on any atom is 0.242 e. The van der Waals surface area contributed by atoms with E-state index in [0.717, 1.165) is 4.31 Å². The van der Waals surface area contributed by atoms with Crippen LogP contribution in [0.5, 0.6) is 0 Å². The van der Waals surface area contributed by atoms with Crippen molar-refractivity contribution in [3.8, 4) is 11.3 Å². The second-order valence-corrected chi connectivity index (χ2v) is 9.25. The van der Waals surface area contributed by atoms with Crippen LogP contribution < -0.4 is 0 Å². The van der Waals surface area contributed by atoms with Crippen LogP contribution in [0, 0.1) is 0 Å². The van der Waals surface area contributed by atoms with E-state index in [4.69, 9.17) is 27.6 Å². The highest BCUT2D eigenvalue weighted by atomic mass is 35.5. The van der Waals surface area contributed by atoms with E-state index in [-0.39, 0.29) is 10.7 Å². The first kappa shape index (κ1) is 21.3. The van der Waals surface area contributed by atoms with Crippen LogP contribution in [0.1, 0.15) is 16.1 Å². The van der Waals surface area contributed by atoms with E-state index in [2.05, 4.69) is 0 Å². The second-order valence-electron chi connectivity index (χ2n) is 6.31. The van der Waals surface area contributed by atoms with Crippen molar-refractivity contribution in [3.05, 3.63) is 82.0 Å². The van der Waals surface area contributed by atoms with E-state index in [1.54, 1.807) is 30.3 Å². The third-order valence-electron chi connectivity index (χ3n) is 4.16. The van der Waals surface area contributed by atoms with E-state index in [1.807, 2.05) is 0 Å². The van der Waals surface area contributed by atoms with Gasteiger partial charge in [-0.3, -0.25) is 4.79 Å². The molecule has 0 spiro atoms. The molecule has 3 aromatic rings. The predicted octanol–water partition coefficient (Wildman–Crippen LogP) is 5.40. The number of halogens is 2. The van der Waals surface area contributed by atoms with Gasteiger partial charge >= 0.3 is 0 Å². The average Bonchev–Trinajstić information content (AvgIpc) is 3.17. The average molecular weight is 450 g/mol. The predicted molar refractivity (Wildman–Crippen MR) is 115 cm³/mol. The molecule has 0 aliphatic rings. The first-order valence-electron chi connectivity index (χ1n) is 8.49. The molecule has 0 atom stereocenters. The molecule has 0 saturated heterocycles. The number of rotatable bonds is 6. The van der Waals surface area contributed by atoms with Gasteiger partial charge in [-0.2, -0.15) is 0 Å². The standard InChI is InChI=1S/C21H17Cl2NO4S/c1-24(2)29(26,27)16-10-6-14(7-11-16)19(25)12-8-15-9-13-20(28-15)17-4-3-5-18(22)21(17)23/h3-13H,1-2H3. The minimum atomic E-state index is -3.54. The second kappa shape index (κ2) is 8.55. The van der Waals surface area contributed by atoms with Crippen molar-refractivity contribution in [1.82, 2.24) is 4.31 Å². The van der Waals surface area contributed by atoms with Gasteiger partial charge < -0.3 is 4.42 Å². The normalized spacial score (nSPS) is 12.0. The number of carbonyl (C=O) groups is 1. The van der Waals surface area contributed by atoms with Crippen LogP contribution in [0.15, 0.2) is 70.0 Å². The zero-order valence-electron chi connectivity index (χ0n) is 15.6. The summed E-state index contributed by atoms with van der Waals surface area (Å²) in [4.78, 5) is 12.5. The van der Waals surface area contributed by atoms with E-state index in [1.165, 1.54) is 50.5 Å². The van der Waals surface area contributed by atoms with Gasteiger partial charge in [0.05, 0.1) is 14.9 Å². The molecule has 0 saturated carbocycles. The van der Waals surface area contributed by atoms with Crippen molar-refractivity contribution < 1.29 is 17.6 Å². The first-order valence-corrected chi connectivity index (χ1v) is 10.7. The Kier molecular flexibility index (Phi) is 6.29. The Morgan fingerprint density at radius 3 is 2.34 bits per heavy atom. The van der Waals surface area contributed by atoms with E-state index in [9.17, 15) is 13.2 Å². The Morgan fingerprint density at radius 2 is 1.69 bits per heavy atom. The van der Waals surface area contributed by atoms with E-state index in [0.29, 0.717) is 32.7 Å². The van der Waals surface area contributed by atoms with Crippen molar-refractivity contribution in [3.63, 3.8) is 0 Å². The number of hydrogen-bond donors (Lipinski definition) is 0. The lowest BCUT2D eigenvalue weighted by Gasteiger charge is -2.11. The largest absolute Gasteiger partial charge is 0.457 e. The van der Waals surface area contributed by atoms with Crippen LogP contribution in [-0.4, -0.2) is 32.6 Å². The van der Waals surface area contributed by atoms with E-state index >= 15 is 0 Å². The quantitative estimate of drug-likeness (QED) is 0.373. The van der Waals surface area contributed by atoms with Crippen molar-refractivity contribution in [2.45, 2.75) is 4.90 Å². The smallest absolute Gasteiger partial charge is 0.242 e. The SMILES string of the molecule is CN(C)S(=O)(=O)c1ccc(C(=O)C=Cc2ccc(-c3cccc(Cl)c3Cl)o2)cc1. The number of hydrogen-bond acceptors (Lipinski definition) is 4.